The van der Waals surface area contributed by atoms with Gasteiger partial charge in [-0.05, 0) is 61.2 Å². The maximum Gasteiger partial charge on any atom is 0.279 e. The molecule has 0 radical (unpaired) electrons. The lowest BCUT2D eigenvalue weighted by Crippen LogP contribution is -2.37. The van der Waals surface area contributed by atoms with Gasteiger partial charge in [0.1, 0.15) is 5.75 Å². The molecular formula is C27H33N3O4S2. The standard InChI is InChI=1S/C27H33N3O4S2/c1-7-15-30-24-14-11-22(34-8-2)16-25(24)35-27(30)28-26(31)21-9-12-23(13-10-21)36(32,33)29(17-19(3)4)18-20(5)6/h1,9-14,16,19-20H,8,15,17-18H2,2-6H3. The van der Waals surface area contributed by atoms with Gasteiger partial charge in [0.25, 0.3) is 5.91 Å². The van der Waals surface area contributed by atoms with E-state index in [0.717, 1.165) is 16.0 Å². The molecule has 0 saturated heterocycles. The van der Waals surface area contributed by atoms with Crippen LogP contribution in [0.1, 0.15) is 45.0 Å². The number of sulfonamides is 1. The highest BCUT2D eigenvalue weighted by Gasteiger charge is 2.26. The highest BCUT2D eigenvalue weighted by Crippen LogP contribution is 2.24. The number of carbonyl (C=O) groups is 1. The third-order valence-corrected chi connectivity index (χ3v) is 8.18. The van der Waals surface area contributed by atoms with Crippen LogP contribution in [0.25, 0.3) is 10.2 Å². The zero-order valence-electron chi connectivity index (χ0n) is 21.4. The van der Waals surface area contributed by atoms with Crippen molar-refractivity contribution >= 4 is 37.5 Å². The van der Waals surface area contributed by atoms with Gasteiger partial charge in [-0.1, -0.05) is 45.0 Å². The Morgan fingerprint density at radius 1 is 1.11 bits per heavy atom. The number of fused-ring (bicyclic) bond motifs is 1. The summed E-state index contributed by atoms with van der Waals surface area (Å²) in [5.41, 5.74) is 1.16. The van der Waals surface area contributed by atoms with E-state index < -0.39 is 15.9 Å². The van der Waals surface area contributed by atoms with Gasteiger partial charge in [0, 0.05) is 18.7 Å². The van der Waals surface area contributed by atoms with Crippen LogP contribution in [0.3, 0.4) is 0 Å². The zero-order chi connectivity index (χ0) is 26.5. The van der Waals surface area contributed by atoms with Crippen LogP contribution >= 0.6 is 11.3 Å². The molecule has 0 aliphatic heterocycles. The summed E-state index contributed by atoms with van der Waals surface area (Å²) in [6.45, 7) is 11.6. The monoisotopic (exact) mass is 527 g/mol. The lowest BCUT2D eigenvalue weighted by molar-refractivity contribution is 0.0997. The van der Waals surface area contributed by atoms with Crippen LogP contribution in [0.2, 0.25) is 0 Å². The maximum atomic E-state index is 13.3. The maximum absolute atomic E-state index is 13.3. The second kappa shape index (κ2) is 11.9. The predicted octanol–water partition coefficient (Wildman–Crippen LogP) is 4.78. The molecule has 7 nitrogen and oxygen atoms in total. The van der Waals surface area contributed by atoms with Crippen LogP contribution in [-0.2, 0) is 16.6 Å². The number of terminal acetylenes is 1. The average molecular weight is 528 g/mol. The molecule has 3 aromatic rings. The number of amides is 1. The molecule has 0 aliphatic rings. The second-order valence-electron chi connectivity index (χ2n) is 9.29. The molecule has 0 bridgehead atoms. The van der Waals surface area contributed by atoms with Crippen molar-refractivity contribution in [2.75, 3.05) is 19.7 Å². The smallest absolute Gasteiger partial charge is 0.279 e. The van der Waals surface area contributed by atoms with Crippen LogP contribution in [0.15, 0.2) is 52.4 Å². The second-order valence-corrected chi connectivity index (χ2v) is 12.2. The summed E-state index contributed by atoms with van der Waals surface area (Å²) in [6, 6.07) is 11.6. The first-order chi connectivity index (χ1) is 17.1. The fourth-order valence-electron chi connectivity index (χ4n) is 3.79. The number of hydrogen-bond acceptors (Lipinski definition) is 5. The fourth-order valence-corrected chi connectivity index (χ4v) is 6.62. The Labute approximate surface area is 217 Å². The van der Waals surface area contributed by atoms with Crippen molar-refractivity contribution in [1.29, 1.82) is 0 Å². The minimum atomic E-state index is -3.68. The van der Waals surface area contributed by atoms with Gasteiger partial charge < -0.3 is 9.30 Å². The van der Waals surface area contributed by atoms with Gasteiger partial charge in [-0.15, -0.1) is 6.42 Å². The summed E-state index contributed by atoms with van der Waals surface area (Å²) in [5.74, 6) is 3.26. The minimum absolute atomic E-state index is 0.160. The van der Waals surface area contributed by atoms with Crippen LogP contribution in [0.4, 0.5) is 0 Å². The van der Waals surface area contributed by atoms with Gasteiger partial charge in [-0.3, -0.25) is 4.79 Å². The van der Waals surface area contributed by atoms with Crippen LogP contribution < -0.4 is 9.54 Å². The first kappa shape index (κ1) is 27.7. The number of hydrogen-bond donors (Lipinski definition) is 0. The number of carbonyl (C=O) groups excluding carboxylic acids is 1. The normalized spacial score (nSPS) is 12.6. The molecule has 1 heterocycles. The molecule has 1 amide bonds. The SMILES string of the molecule is C#CCn1c(=NC(=O)c2ccc(S(=O)(=O)N(CC(C)C)CC(C)C)cc2)sc2cc(OCC)ccc21. The molecule has 2 aromatic carbocycles. The van der Waals surface area contributed by atoms with E-state index in [1.807, 2.05) is 57.4 Å². The summed E-state index contributed by atoms with van der Waals surface area (Å²) >= 11 is 1.35. The molecule has 192 valence electrons. The Bertz CT molecular complexity index is 1420. The Morgan fingerprint density at radius 2 is 1.75 bits per heavy atom. The highest BCUT2D eigenvalue weighted by atomic mass is 32.2. The molecule has 0 aliphatic carbocycles. The molecule has 9 heteroatoms. The van der Waals surface area contributed by atoms with Crippen LogP contribution in [0, 0.1) is 24.2 Å². The van der Waals surface area contributed by atoms with Gasteiger partial charge in [-0.2, -0.15) is 9.30 Å². The number of thiazole rings is 1. The first-order valence-electron chi connectivity index (χ1n) is 12.0. The van der Waals surface area contributed by atoms with Gasteiger partial charge in [0.2, 0.25) is 10.0 Å². The van der Waals surface area contributed by atoms with Crippen molar-refractivity contribution in [3.05, 3.63) is 52.8 Å². The number of benzene rings is 2. The van der Waals surface area contributed by atoms with E-state index in [1.54, 1.807) is 0 Å². The lowest BCUT2D eigenvalue weighted by Gasteiger charge is -2.25. The topological polar surface area (TPSA) is 81.0 Å². The van der Waals surface area contributed by atoms with E-state index in [2.05, 4.69) is 10.9 Å². The summed E-state index contributed by atoms with van der Waals surface area (Å²) in [5, 5.41) is 0. The van der Waals surface area contributed by atoms with Crippen molar-refractivity contribution in [3.63, 3.8) is 0 Å². The van der Waals surface area contributed by atoms with Crippen molar-refractivity contribution in [2.24, 2.45) is 16.8 Å². The number of nitrogens with zero attached hydrogens (tertiary/aromatic N) is 3. The van der Waals surface area contributed by atoms with Crippen LogP contribution in [-0.4, -0.2) is 42.9 Å². The van der Waals surface area contributed by atoms with Crippen molar-refractivity contribution in [1.82, 2.24) is 8.87 Å². The average Bonchev–Trinajstić information content (AvgIpc) is 3.14. The van der Waals surface area contributed by atoms with Gasteiger partial charge >= 0.3 is 0 Å². The third-order valence-electron chi connectivity index (χ3n) is 5.29. The molecule has 36 heavy (non-hydrogen) atoms. The van der Waals surface area contributed by atoms with E-state index in [1.165, 1.54) is 39.9 Å². The summed E-state index contributed by atoms with van der Waals surface area (Å²) < 4.78 is 36.3. The number of rotatable bonds is 10. The molecule has 0 N–H and O–H groups in total. The Hall–Kier alpha value is -2.93. The summed E-state index contributed by atoms with van der Waals surface area (Å²) in [4.78, 5) is 17.9. The molecule has 0 saturated carbocycles. The van der Waals surface area contributed by atoms with Crippen molar-refractivity contribution in [2.45, 2.75) is 46.1 Å². The predicted molar refractivity (Wildman–Crippen MR) is 145 cm³/mol. The molecule has 0 fully saturated rings. The van der Waals surface area contributed by atoms with Gasteiger partial charge in [0.15, 0.2) is 4.80 Å². The third kappa shape index (κ3) is 6.44. The van der Waals surface area contributed by atoms with Gasteiger partial charge in [0.05, 0.1) is 28.3 Å². The molecular weight excluding hydrogens is 494 g/mol. The Kier molecular flexibility index (Phi) is 9.12. The summed E-state index contributed by atoms with van der Waals surface area (Å²) in [6.07, 6.45) is 5.56. The minimum Gasteiger partial charge on any atom is -0.494 e. The first-order valence-corrected chi connectivity index (χ1v) is 14.2. The van der Waals surface area contributed by atoms with Crippen LogP contribution in [0.5, 0.6) is 5.75 Å². The molecule has 1 aromatic heterocycles. The van der Waals surface area contributed by atoms with E-state index >= 15 is 0 Å². The van der Waals surface area contributed by atoms with E-state index in [-0.39, 0.29) is 23.3 Å². The van der Waals surface area contributed by atoms with Gasteiger partial charge in [-0.25, -0.2) is 8.42 Å². The fraction of sp³-hybridized carbons (Fsp3) is 0.407. The van der Waals surface area contributed by atoms with E-state index in [9.17, 15) is 13.2 Å². The van der Waals surface area contributed by atoms with E-state index in [0.29, 0.717) is 30.1 Å². The molecule has 0 spiro atoms. The van der Waals surface area contributed by atoms with Crippen molar-refractivity contribution < 1.29 is 17.9 Å². The lowest BCUT2D eigenvalue weighted by atomic mass is 10.2. The number of ether oxygens (including phenoxy) is 1. The molecule has 0 atom stereocenters. The number of aromatic nitrogens is 1. The van der Waals surface area contributed by atoms with Crippen molar-refractivity contribution in [3.8, 4) is 18.1 Å². The molecule has 0 unspecified atom stereocenters. The highest BCUT2D eigenvalue weighted by molar-refractivity contribution is 7.89. The largest absolute Gasteiger partial charge is 0.494 e. The molecule has 3 rings (SSSR count). The zero-order valence-corrected chi connectivity index (χ0v) is 23.0. The quantitative estimate of drug-likeness (QED) is 0.356. The van der Waals surface area contributed by atoms with E-state index in [4.69, 9.17) is 11.2 Å². The summed E-state index contributed by atoms with van der Waals surface area (Å²) in [7, 11) is -3.68. The Morgan fingerprint density at radius 3 is 2.31 bits per heavy atom. The Balaban J connectivity index is 1.95.